The second-order valence-corrected chi connectivity index (χ2v) is 9.44. The molecule has 2 amide bonds. The van der Waals surface area contributed by atoms with E-state index in [-0.39, 0.29) is 24.4 Å². The Morgan fingerprint density at radius 3 is 2.39 bits per heavy atom. The summed E-state index contributed by atoms with van der Waals surface area (Å²) in [7, 11) is 3.23. The smallest absolute Gasteiger partial charge is 0.242 e. The molecule has 0 atom stereocenters. The van der Waals surface area contributed by atoms with Crippen LogP contribution in [0, 0.1) is 0 Å². The molecule has 1 aromatic carbocycles. The Morgan fingerprint density at radius 2 is 1.79 bits per heavy atom. The van der Waals surface area contributed by atoms with E-state index in [9.17, 15) is 9.59 Å². The first-order chi connectivity index (χ1) is 15.9. The third-order valence-corrected chi connectivity index (χ3v) is 6.50. The van der Waals surface area contributed by atoms with Crippen LogP contribution in [-0.2, 0) is 22.6 Å². The minimum absolute atomic E-state index is 0.0162. The molecule has 0 unspecified atom stereocenters. The van der Waals surface area contributed by atoms with Crippen LogP contribution in [-0.4, -0.2) is 55.0 Å². The molecule has 7 heteroatoms. The molecule has 2 rings (SSSR count). The van der Waals surface area contributed by atoms with Gasteiger partial charge in [-0.3, -0.25) is 9.59 Å². The van der Waals surface area contributed by atoms with Gasteiger partial charge in [-0.05, 0) is 55.8 Å². The molecule has 33 heavy (non-hydrogen) atoms. The maximum atomic E-state index is 13.4. The Kier molecular flexibility index (Phi) is 11.2. The highest BCUT2D eigenvalue weighted by Crippen LogP contribution is 2.28. The predicted molar refractivity (Wildman–Crippen MR) is 134 cm³/mol. The number of thiophene rings is 1. The zero-order chi connectivity index (χ0) is 24.2. The molecule has 0 spiro atoms. The van der Waals surface area contributed by atoms with E-state index in [1.54, 1.807) is 30.5 Å². The molecule has 0 N–H and O–H groups in total. The van der Waals surface area contributed by atoms with Gasteiger partial charge in [0.25, 0.3) is 0 Å². The van der Waals surface area contributed by atoms with Gasteiger partial charge in [0.05, 0.1) is 27.3 Å². The number of hydrogen-bond donors (Lipinski definition) is 0. The van der Waals surface area contributed by atoms with Gasteiger partial charge in [0.2, 0.25) is 11.8 Å². The molecule has 2 aromatic rings. The van der Waals surface area contributed by atoms with Crippen LogP contribution in [0.3, 0.4) is 0 Å². The van der Waals surface area contributed by atoms with Gasteiger partial charge in [-0.25, -0.2) is 0 Å². The maximum absolute atomic E-state index is 13.4. The van der Waals surface area contributed by atoms with Gasteiger partial charge < -0.3 is 19.3 Å². The molecule has 0 bridgehead atoms. The molecule has 0 radical (unpaired) electrons. The van der Waals surface area contributed by atoms with Crippen LogP contribution in [0.1, 0.15) is 56.9 Å². The fraction of sp³-hybridized carbons (Fsp3) is 0.538. The van der Waals surface area contributed by atoms with Crippen molar-refractivity contribution in [3.8, 4) is 11.5 Å². The van der Waals surface area contributed by atoms with Crippen molar-refractivity contribution in [2.45, 2.75) is 65.5 Å². The molecule has 0 aliphatic carbocycles. The van der Waals surface area contributed by atoms with Crippen LogP contribution in [0.2, 0.25) is 0 Å². The third kappa shape index (κ3) is 8.39. The number of ether oxygens (including phenoxy) is 2. The van der Waals surface area contributed by atoms with Gasteiger partial charge in [0.1, 0.15) is 0 Å². The Hall–Kier alpha value is -2.54. The summed E-state index contributed by atoms with van der Waals surface area (Å²) in [5.74, 6) is 1.39. The molecular formula is C26H38N2O4S. The minimum Gasteiger partial charge on any atom is -0.493 e. The van der Waals surface area contributed by atoms with Gasteiger partial charge in [-0.1, -0.05) is 31.9 Å². The van der Waals surface area contributed by atoms with E-state index in [1.807, 2.05) is 54.5 Å². The van der Waals surface area contributed by atoms with Crippen LogP contribution in [0.25, 0.3) is 0 Å². The van der Waals surface area contributed by atoms with E-state index in [0.717, 1.165) is 29.7 Å². The highest BCUT2D eigenvalue weighted by molar-refractivity contribution is 7.09. The van der Waals surface area contributed by atoms with Gasteiger partial charge in [0.15, 0.2) is 11.5 Å². The first-order valence-corrected chi connectivity index (χ1v) is 12.6. The molecule has 1 aromatic heterocycles. The normalized spacial score (nSPS) is 10.8. The number of amides is 2. The number of carbonyl (C=O) groups is 2. The summed E-state index contributed by atoms with van der Waals surface area (Å²) in [6, 6.07) is 9.84. The number of carbonyl (C=O) groups excluding carboxylic acids is 2. The quantitative estimate of drug-likeness (QED) is 0.355. The number of benzene rings is 1. The fourth-order valence-corrected chi connectivity index (χ4v) is 4.38. The first kappa shape index (κ1) is 26.7. The highest BCUT2D eigenvalue weighted by atomic mass is 32.1. The maximum Gasteiger partial charge on any atom is 0.242 e. The summed E-state index contributed by atoms with van der Waals surface area (Å²) in [4.78, 5) is 30.8. The SMILES string of the molecule is CCCCCC(=O)N(CC(=O)N(CCc1ccc(OC)c(OC)c1)Cc1cccs1)C(C)C. The van der Waals surface area contributed by atoms with Gasteiger partial charge in [-0.15, -0.1) is 11.3 Å². The van der Waals surface area contributed by atoms with E-state index >= 15 is 0 Å². The molecule has 6 nitrogen and oxygen atoms in total. The van der Waals surface area contributed by atoms with Crippen LogP contribution in [0.4, 0.5) is 0 Å². The van der Waals surface area contributed by atoms with E-state index in [2.05, 4.69) is 6.92 Å². The highest BCUT2D eigenvalue weighted by Gasteiger charge is 2.23. The minimum atomic E-state index is -0.0265. The Labute approximate surface area is 202 Å². The van der Waals surface area contributed by atoms with Crippen molar-refractivity contribution in [3.63, 3.8) is 0 Å². The molecule has 0 saturated heterocycles. The van der Waals surface area contributed by atoms with Crippen molar-refractivity contribution >= 4 is 23.2 Å². The number of hydrogen-bond acceptors (Lipinski definition) is 5. The number of nitrogens with zero attached hydrogens (tertiary/aromatic N) is 2. The topological polar surface area (TPSA) is 59.1 Å². The molecule has 182 valence electrons. The van der Waals surface area contributed by atoms with Crippen LogP contribution in [0.15, 0.2) is 35.7 Å². The van der Waals surface area contributed by atoms with Crippen LogP contribution < -0.4 is 9.47 Å². The van der Waals surface area contributed by atoms with Gasteiger partial charge in [-0.2, -0.15) is 0 Å². The standard InChI is InChI=1S/C26H38N2O4S/c1-6-7-8-11-25(29)28(20(2)3)19-26(30)27(18-22-10-9-16-33-22)15-14-21-12-13-23(31-4)24(17-21)32-5/h9-10,12-13,16-17,20H,6-8,11,14-15,18-19H2,1-5H3. The Bertz CT molecular complexity index is 867. The average molecular weight is 475 g/mol. The molecule has 0 aliphatic rings. The lowest BCUT2D eigenvalue weighted by molar-refractivity contribution is -0.142. The van der Waals surface area contributed by atoms with Crippen molar-refractivity contribution in [2.75, 3.05) is 27.3 Å². The first-order valence-electron chi connectivity index (χ1n) is 11.7. The van der Waals surface area contributed by atoms with Crippen molar-refractivity contribution in [2.24, 2.45) is 0 Å². The van der Waals surface area contributed by atoms with Crippen molar-refractivity contribution < 1.29 is 19.1 Å². The number of methoxy groups -OCH3 is 2. The van der Waals surface area contributed by atoms with E-state index in [4.69, 9.17) is 9.47 Å². The lowest BCUT2D eigenvalue weighted by Crippen LogP contribution is -2.46. The predicted octanol–water partition coefficient (Wildman–Crippen LogP) is 5.15. The summed E-state index contributed by atoms with van der Waals surface area (Å²) in [5, 5.41) is 2.02. The van der Waals surface area contributed by atoms with Crippen molar-refractivity contribution in [1.82, 2.24) is 9.80 Å². The van der Waals surface area contributed by atoms with Crippen molar-refractivity contribution in [1.29, 1.82) is 0 Å². The second kappa shape index (κ2) is 13.9. The summed E-state index contributed by atoms with van der Waals surface area (Å²) < 4.78 is 10.7. The van der Waals surface area contributed by atoms with Crippen molar-refractivity contribution in [3.05, 3.63) is 46.2 Å². The van der Waals surface area contributed by atoms with Crippen LogP contribution in [0.5, 0.6) is 11.5 Å². The van der Waals surface area contributed by atoms with Crippen LogP contribution >= 0.6 is 11.3 Å². The van der Waals surface area contributed by atoms with Gasteiger partial charge >= 0.3 is 0 Å². The summed E-state index contributed by atoms with van der Waals surface area (Å²) in [5.41, 5.74) is 1.06. The lowest BCUT2D eigenvalue weighted by atomic mass is 10.1. The summed E-state index contributed by atoms with van der Waals surface area (Å²) in [6.07, 6.45) is 4.14. The molecule has 0 aliphatic heterocycles. The Morgan fingerprint density at radius 1 is 1.03 bits per heavy atom. The van der Waals surface area contributed by atoms with E-state index in [1.165, 1.54) is 0 Å². The number of unbranched alkanes of at least 4 members (excludes halogenated alkanes) is 2. The van der Waals surface area contributed by atoms with E-state index in [0.29, 0.717) is 37.4 Å². The second-order valence-electron chi connectivity index (χ2n) is 8.41. The molecule has 1 heterocycles. The molecular weight excluding hydrogens is 436 g/mol. The monoisotopic (exact) mass is 474 g/mol. The lowest BCUT2D eigenvalue weighted by Gasteiger charge is -2.30. The average Bonchev–Trinajstić information content (AvgIpc) is 3.32. The molecule has 0 fully saturated rings. The zero-order valence-corrected chi connectivity index (χ0v) is 21.5. The third-order valence-electron chi connectivity index (χ3n) is 5.64. The zero-order valence-electron chi connectivity index (χ0n) is 20.6. The van der Waals surface area contributed by atoms with E-state index < -0.39 is 0 Å². The van der Waals surface area contributed by atoms with Gasteiger partial charge in [0, 0.05) is 23.9 Å². The summed E-state index contributed by atoms with van der Waals surface area (Å²) in [6.45, 7) is 7.27. The summed E-state index contributed by atoms with van der Waals surface area (Å²) >= 11 is 1.64. The fourth-order valence-electron chi connectivity index (χ4n) is 3.66. The number of rotatable bonds is 14. The molecule has 0 saturated carbocycles. The largest absolute Gasteiger partial charge is 0.493 e. The Balaban J connectivity index is 2.11.